The summed E-state index contributed by atoms with van der Waals surface area (Å²) in [4.78, 5) is 11.1. The van der Waals surface area contributed by atoms with Gasteiger partial charge in [0.05, 0.1) is 5.56 Å². The molecule has 2 aromatic rings. The summed E-state index contributed by atoms with van der Waals surface area (Å²) < 4.78 is 14.7. The molecule has 1 N–H and O–H groups in total. The van der Waals surface area contributed by atoms with E-state index in [0.717, 1.165) is 22.3 Å². The number of carbonyl (C=O) groups is 1. The van der Waals surface area contributed by atoms with Crippen LogP contribution in [0, 0.1) is 0 Å². The van der Waals surface area contributed by atoms with Crippen LogP contribution in [0.5, 0.6) is 0 Å². The van der Waals surface area contributed by atoms with Gasteiger partial charge in [-0.25, -0.2) is 9.18 Å². The minimum Gasteiger partial charge on any atom is -0.478 e. The molecule has 0 aromatic heterocycles. The molecule has 0 amide bonds. The highest BCUT2D eigenvalue weighted by atomic mass is 19.1. The molecule has 1 atom stereocenters. The molecule has 3 aliphatic carbocycles. The van der Waals surface area contributed by atoms with Gasteiger partial charge in [0.1, 0.15) is 6.17 Å². The van der Waals surface area contributed by atoms with Gasteiger partial charge in [-0.3, -0.25) is 0 Å². The van der Waals surface area contributed by atoms with Crippen molar-refractivity contribution < 1.29 is 14.3 Å². The highest BCUT2D eigenvalue weighted by molar-refractivity contribution is 5.89. The van der Waals surface area contributed by atoms with Crippen molar-refractivity contribution in [2.75, 3.05) is 0 Å². The molecular formula is C25H25FO2. The predicted molar refractivity (Wildman–Crippen MR) is 109 cm³/mol. The predicted octanol–water partition coefficient (Wildman–Crippen LogP) is 6.33. The minimum atomic E-state index is -1.07. The van der Waals surface area contributed by atoms with Crippen molar-refractivity contribution >= 4 is 11.5 Å². The topological polar surface area (TPSA) is 37.3 Å². The van der Waals surface area contributed by atoms with Crippen LogP contribution in [0.1, 0.15) is 89.8 Å². The van der Waals surface area contributed by atoms with Gasteiger partial charge in [-0.05, 0) is 108 Å². The lowest BCUT2D eigenvalue weighted by Gasteiger charge is -2.34. The number of hydrogen-bond acceptors (Lipinski definition) is 1. The van der Waals surface area contributed by atoms with Crippen molar-refractivity contribution in [1.29, 1.82) is 0 Å². The standard InChI is InChI=1S/C25H25FO2/c1-15(17-3-5-18(6-4-17)23(27)28)19-13-21-22(14-20(19)16(2)26)25(11-12-25)10-9-24(21)7-8-24/h3-6,13-14,16H,1,7-12H2,2H3,(H,27,28). The quantitative estimate of drug-likeness (QED) is 0.676. The molecular weight excluding hydrogens is 351 g/mol. The second kappa shape index (κ2) is 5.79. The van der Waals surface area contributed by atoms with Gasteiger partial charge in [0.2, 0.25) is 0 Å². The van der Waals surface area contributed by atoms with Gasteiger partial charge < -0.3 is 5.11 Å². The fraction of sp³-hybridized carbons (Fsp3) is 0.400. The van der Waals surface area contributed by atoms with E-state index in [1.165, 1.54) is 49.7 Å². The highest BCUT2D eigenvalue weighted by Crippen LogP contribution is 2.66. The zero-order valence-electron chi connectivity index (χ0n) is 16.2. The van der Waals surface area contributed by atoms with Gasteiger partial charge in [0.25, 0.3) is 0 Å². The van der Waals surface area contributed by atoms with Crippen LogP contribution in [0.2, 0.25) is 0 Å². The highest BCUT2D eigenvalue weighted by Gasteiger charge is 2.57. The van der Waals surface area contributed by atoms with Crippen molar-refractivity contribution in [3.05, 3.63) is 76.4 Å². The van der Waals surface area contributed by atoms with Crippen LogP contribution in [0.15, 0.2) is 43.0 Å². The lowest BCUT2D eigenvalue weighted by atomic mass is 9.70. The van der Waals surface area contributed by atoms with E-state index in [-0.39, 0.29) is 5.56 Å². The molecule has 144 valence electrons. The van der Waals surface area contributed by atoms with E-state index < -0.39 is 12.1 Å². The van der Waals surface area contributed by atoms with Crippen LogP contribution in [-0.4, -0.2) is 11.1 Å². The molecule has 5 rings (SSSR count). The van der Waals surface area contributed by atoms with Crippen LogP contribution in [-0.2, 0) is 10.8 Å². The van der Waals surface area contributed by atoms with Crippen LogP contribution < -0.4 is 0 Å². The number of carboxylic acids is 1. The average Bonchev–Trinajstić information content (AvgIpc) is 3.60. The Bertz CT molecular complexity index is 992. The van der Waals surface area contributed by atoms with Gasteiger partial charge in [-0.2, -0.15) is 0 Å². The van der Waals surface area contributed by atoms with Gasteiger partial charge in [-0.15, -0.1) is 0 Å². The van der Waals surface area contributed by atoms with Crippen LogP contribution >= 0.6 is 0 Å². The summed E-state index contributed by atoms with van der Waals surface area (Å²) in [6.07, 6.45) is 6.36. The van der Waals surface area contributed by atoms with Crippen molar-refractivity contribution in [1.82, 2.24) is 0 Å². The monoisotopic (exact) mass is 376 g/mol. The Labute approximate surface area is 165 Å². The number of carboxylic acid groups (broad SMARTS) is 1. The van der Waals surface area contributed by atoms with E-state index in [9.17, 15) is 9.18 Å². The lowest BCUT2D eigenvalue weighted by molar-refractivity contribution is 0.0697. The van der Waals surface area contributed by atoms with E-state index >= 15 is 0 Å². The van der Waals surface area contributed by atoms with E-state index in [1.807, 2.05) is 0 Å². The molecule has 2 nitrogen and oxygen atoms in total. The van der Waals surface area contributed by atoms with Gasteiger partial charge in [0, 0.05) is 0 Å². The van der Waals surface area contributed by atoms with Crippen molar-refractivity contribution in [2.45, 2.75) is 62.5 Å². The van der Waals surface area contributed by atoms with Gasteiger partial charge in [0.15, 0.2) is 0 Å². The molecule has 0 bridgehead atoms. The van der Waals surface area contributed by atoms with Crippen LogP contribution in [0.3, 0.4) is 0 Å². The molecule has 3 heteroatoms. The first-order valence-corrected chi connectivity index (χ1v) is 10.2. The van der Waals surface area contributed by atoms with E-state index in [4.69, 9.17) is 5.11 Å². The summed E-state index contributed by atoms with van der Waals surface area (Å²) in [5, 5.41) is 9.13. The molecule has 0 radical (unpaired) electrons. The first-order chi connectivity index (χ1) is 13.4. The Morgan fingerprint density at radius 2 is 1.43 bits per heavy atom. The SMILES string of the molecule is C=C(c1ccc(C(=O)O)cc1)c1cc2c(cc1C(C)F)C1(CCC23CC3)CC1. The minimum absolute atomic E-state index is 0.244. The molecule has 1 unspecified atom stereocenters. The molecule has 3 aliphatic rings. The third-order valence-electron chi connectivity index (χ3n) is 7.36. The Hall–Kier alpha value is -2.42. The summed E-state index contributed by atoms with van der Waals surface area (Å²) >= 11 is 0. The lowest BCUT2D eigenvalue weighted by Crippen LogP contribution is -2.25. The number of fused-ring (bicyclic) bond motifs is 3. The molecule has 28 heavy (non-hydrogen) atoms. The maximum absolute atomic E-state index is 14.7. The van der Waals surface area contributed by atoms with Crippen molar-refractivity contribution in [3.8, 4) is 0 Å². The average molecular weight is 376 g/mol. The zero-order chi connectivity index (χ0) is 19.7. The number of alkyl halides is 1. The first kappa shape index (κ1) is 17.7. The zero-order valence-corrected chi connectivity index (χ0v) is 16.2. The van der Waals surface area contributed by atoms with Crippen molar-refractivity contribution in [3.63, 3.8) is 0 Å². The fourth-order valence-corrected chi connectivity index (χ4v) is 5.14. The molecule has 0 heterocycles. The smallest absolute Gasteiger partial charge is 0.335 e. The first-order valence-electron chi connectivity index (χ1n) is 10.2. The summed E-state index contributed by atoms with van der Waals surface area (Å²) in [7, 11) is 0. The Balaban J connectivity index is 1.63. The second-order valence-electron chi connectivity index (χ2n) is 9.02. The maximum atomic E-state index is 14.7. The molecule has 0 saturated heterocycles. The number of hydrogen-bond donors (Lipinski definition) is 1. The summed E-state index contributed by atoms with van der Waals surface area (Å²) in [6.45, 7) is 5.87. The van der Waals surface area contributed by atoms with Gasteiger partial charge >= 0.3 is 5.97 Å². The third kappa shape index (κ3) is 2.56. The van der Waals surface area contributed by atoms with E-state index in [1.54, 1.807) is 31.2 Å². The van der Waals surface area contributed by atoms with Crippen molar-refractivity contribution in [2.24, 2.45) is 0 Å². The Morgan fingerprint density at radius 3 is 1.89 bits per heavy atom. The second-order valence-corrected chi connectivity index (χ2v) is 9.02. The third-order valence-corrected chi connectivity index (χ3v) is 7.36. The van der Waals surface area contributed by atoms with E-state index in [0.29, 0.717) is 10.8 Å². The number of rotatable bonds is 4. The van der Waals surface area contributed by atoms with E-state index in [2.05, 4.69) is 18.7 Å². The molecule has 2 fully saturated rings. The fourth-order valence-electron chi connectivity index (χ4n) is 5.14. The number of aromatic carboxylic acids is 1. The van der Waals surface area contributed by atoms with Gasteiger partial charge in [-0.1, -0.05) is 24.8 Å². The molecule has 0 aliphatic heterocycles. The maximum Gasteiger partial charge on any atom is 0.335 e. The Morgan fingerprint density at radius 1 is 0.964 bits per heavy atom. The molecule has 2 saturated carbocycles. The summed E-state index contributed by atoms with van der Waals surface area (Å²) in [5.41, 5.74) is 6.88. The largest absolute Gasteiger partial charge is 0.478 e. The molecule has 2 spiro atoms. The normalized spacial score (nSPS) is 21.2. The summed E-state index contributed by atoms with van der Waals surface area (Å²) in [6, 6.07) is 11.1. The van der Waals surface area contributed by atoms with Crippen LogP contribution in [0.25, 0.3) is 5.57 Å². The molecule has 2 aromatic carbocycles. The summed E-state index contributed by atoms with van der Waals surface area (Å²) in [5.74, 6) is -0.950. The Kier molecular flexibility index (Phi) is 3.65. The number of halogens is 1. The number of benzene rings is 2. The van der Waals surface area contributed by atoms with Crippen LogP contribution in [0.4, 0.5) is 4.39 Å².